The number of nitrogens with zero attached hydrogens (tertiary/aromatic N) is 1. The molecule has 2 aromatic rings. The summed E-state index contributed by atoms with van der Waals surface area (Å²) in [4.78, 5) is 2.46. The van der Waals surface area contributed by atoms with Crippen LogP contribution >= 0.6 is 22.6 Å². The molecule has 4 rings (SSSR count). The molecule has 0 N–H and O–H groups in total. The van der Waals surface area contributed by atoms with Gasteiger partial charge in [0.25, 0.3) is 0 Å². The predicted molar refractivity (Wildman–Crippen MR) is 86.4 cm³/mol. The number of para-hydroxylation sites is 1. The Morgan fingerprint density at radius 3 is 2.68 bits per heavy atom. The van der Waals surface area contributed by atoms with Gasteiger partial charge in [-0.05, 0) is 47.2 Å². The van der Waals surface area contributed by atoms with Crippen LogP contribution in [0.2, 0.25) is 0 Å². The highest BCUT2D eigenvalue weighted by atomic mass is 127. The molecule has 0 bridgehead atoms. The summed E-state index contributed by atoms with van der Waals surface area (Å²) in [5.74, 6) is 6.65. The van der Waals surface area contributed by atoms with Gasteiger partial charge in [-0.2, -0.15) is 0 Å². The van der Waals surface area contributed by atoms with Gasteiger partial charge in [-0.1, -0.05) is 42.2 Å². The predicted octanol–water partition coefficient (Wildman–Crippen LogP) is 4.03. The highest BCUT2D eigenvalue weighted by Crippen LogP contribution is 2.54. The molecule has 0 spiro atoms. The number of anilines is 1. The normalized spacial score (nSPS) is 22.1. The molecule has 0 unspecified atom stereocenters. The van der Waals surface area contributed by atoms with Gasteiger partial charge in [0.1, 0.15) is 3.55 Å². The average Bonchev–Trinajstić information content (AvgIpc) is 2.40. The van der Waals surface area contributed by atoms with Gasteiger partial charge in [0.2, 0.25) is 0 Å². The minimum absolute atomic E-state index is 0.0786. The molecule has 0 saturated carbocycles. The van der Waals surface area contributed by atoms with Crippen LogP contribution < -0.4 is 4.90 Å². The molecule has 19 heavy (non-hydrogen) atoms. The second-order valence-electron chi connectivity index (χ2n) is 5.15. The van der Waals surface area contributed by atoms with E-state index in [0.29, 0.717) is 0 Å². The standard InChI is InChI=1S/C17H12IN/c1-17(18)15-8-4-7-13-10-9-12-5-2-3-6-14(12)11-19(17)16(13)15/h2-8H,11H2,1H3/t17-/m1/s1. The number of fused-ring (bicyclic) bond motifs is 1. The minimum atomic E-state index is 0.0786. The van der Waals surface area contributed by atoms with Crippen LogP contribution in [0.15, 0.2) is 42.5 Å². The summed E-state index contributed by atoms with van der Waals surface area (Å²) in [6, 6.07) is 14.9. The van der Waals surface area contributed by atoms with E-state index >= 15 is 0 Å². The highest BCUT2D eigenvalue weighted by Gasteiger charge is 2.45. The lowest BCUT2D eigenvalue weighted by Crippen LogP contribution is -2.48. The molecule has 2 aliphatic heterocycles. The van der Waals surface area contributed by atoms with E-state index in [-0.39, 0.29) is 3.55 Å². The molecule has 0 fully saturated rings. The second-order valence-corrected chi connectivity index (χ2v) is 7.25. The first-order chi connectivity index (χ1) is 9.18. The first-order valence-electron chi connectivity index (χ1n) is 6.38. The van der Waals surface area contributed by atoms with Crippen molar-refractivity contribution in [3.63, 3.8) is 0 Å². The van der Waals surface area contributed by atoms with E-state index in [1.165, 1.54) is 16.8 Å². The van der Waals surface area contributed by atoms with Crippen LogP contribution in [0, 0.1) is 11.8 Å². The molecule has 2 heteroatoms. The number of rotatable bonds is 0. The molecule has 0 aromatic heterocycles. The van der Waals surface area contributed by atoms with E-state index in [1.807, 2.05) is 0 Å². The van der Waals surface area contributed by atoms with E-state index in [9.17, 15) is 0 Å². The smallest absolute Gasteiger partial charge is 0.117 e. The third-order valence-corrected chi connectivity index (χ3v) is 5.15. The Bertz CT molecular complexity index is 749. The SMILES string of the molecule is C[C@]1(I)c2cccc3c2N1Cc1ccccc1C#C3. The molecule has 92 valence electrons. The van der Waals surface area contributed by atoms with Crippen molar-refractivity contribution < 1.29 is 0 Å². The highest BCUT2D eigenvalue weighted by molar-refractivity contribution is 14.1. The van der Waals surface area contributed by atoms with Gasteiger partial charge >= 0.3 is 0 Å². The van der Waals surface area contributed by atoms with Crippen molar-refractivity contribution >= 4 is 28.3 Å². The number of hydrogen-bond donors (Lipinski definition) is 0. The van der Waals surface area contributed by atoms with E-state index in [2.05, 4.69) is 88.7 Å². The van der Waals surface area contributed by atoms with E-state index in [4.69, 9.17) is 0 Å². The first-order valence-corrected chi connectivity index (χ1v) is 7.46. The van der Waals surface area contributed by atoms with Crippen molar-refractivity contribution in [2.24, 2.45) is 0 Å². The Morgan fingerprint density at radius 1 is 1.05 bits per heavy atom. The van der Waals surface area contributed by atoms with Crippen LogP contribution in [-0.4, -0.2) is 0 Å². The first kappa shape index (κ1) is 11.4. The molecule has 0 aliphatic carbocycles. The Labute approximate surface area is 126 Å². The number of alkyl halides is 1. The zero-order valence-electron chi connectivity index (χ0n) is 10.6. The third kappa shape index (κ3) is 1.48. The Hall–Kier alpha value is -1.47. The van der Waals surface area contributed by atoms with Gasteiger partial charge in [0.15, 0.2) is 0 Å². The molecular weight excluding hydrogens is 345 g/mol. The quantitative estimate of drug-likeness (QED) is 0.298. The van der Waals surface area contributed by atoms with Crippen LogP contribution in [0.3, 0.4) is 0 Å². The van der Waals surface area contributed by atoms with Crippen LogP contribution in [0.5, 0.6) is 0 Å². The molecular formula is C17H12IN. The summed E-state index contributed by atoms with van der Waals surface area (Å²) in [7, 11) is 0. The summed E-state index contributed by atoms with van der Waals surface area (Å²) in [5.41, 5.74) is 6.34. The largest absolute Gasteiger partial charge is 0.347 e. The summed E-state index contributed by atoms with van der Waals surface area (Å²) in [6.45, 7) is 3.21. The molecule has 0 saturated heterocycles. The maximum absolute atomic E-state index is 3.34. The molecule has 2 heterocycles. The van der Waals surface area contributed by atoms with Crippen molar-refractivity contribution in [1.82, 2.24) is 0 Å². The monoisotopic (exact) mass is 357 g/mol. The fourth-order valence-corrected chi connectivity index (χ4v) is 3.77. The van der Waals surface area contributed by atoms with Crippen LogP contribution in [0.4, 0.5) is 5.69 Å². The number of hydrogen-bond acceptors (Lipinski definition) is 1. The summed E-state index contributed by atoms with van der Waals surface area (Å²) < 4.78 is 0.0786. The fraction of sp³-hybridized carbons (Fsp3) is 0.176. The van der Waals surface area contributed by atoms with Gasteiger partial charge in [-0.15, -0.1) is 0 Å². The maximum atomic E-state index is 3.34. The topological polar surface area (TPSA) is 3.24 Å². The van der Waals surface area contributed by atoms with Gasteiger partial charge in [-0.3, -0.25) is 0 Å². The van der Waals surface area contributed by atoms with E-state index in [0.717, 1.165) is 17.7 Å². The zero-order chi connectivity index (χ0) is 13.0. The van der Waals surface area contributed by atoms with Crippen molar-refractivity contribution in [3.8, 4) is 11.8 Å². The lowest BCUT2D eigenvalue weighted by molar-refractivity contribution is 0.580. The van der Waals surface area contributed by atoms with E-state index in [1.54, 1.807) is 0 Å². The van der Waals surface area contributed by atoms with Crippen LogP contribution in [0.1, 0.15) is 29.2 Å². The Morgan fingerprint density at radius 2 is 1.79 bits per heavy atom. The lowest BCUT2D eigenvalue weighted by Gasteiger charge is -2.51. The molecule has 0 amide bonds. The summed E-state index contributed by atoms with van der Waals surface area (Å²) >= 11 is 2.54. The van der Waals surface area contributed by atoms with Gasteiger partial charge in [0.05, 0.1) is 5.69 Å². The number of halogens is 1. The average molecular weight is 357 g/mol. The van der Waals surface area contributed by atoms with Crippen molar-refractivity contribution in [1.29, 1.82) is 0 Å². The Kier molecular flexibility index (Phi) is 2.25. The molecule has 2 aliphatic rings. The minimum Gasteiger partial charge on any atom is -0.347 e. The lowest BCUT2D eigenvalue weighted by atomic mass is 9.88. The number of benzene rings is 2. The zero-order valence-corrected chi connectivity index (χ0v) is 12.7. The van der Waals surface area contributed by atoms with Crippen molar-refractivity contribution in [2.45, 2.75) is 17.0 Å². The van der Waals surface area contributed by atoms with Crippen molar-refractivity contribution in [2.75, 3.05) is 4.90 Å². The summed E-state index contributed by atoms with van der Waals surface area (Å²) in [6.07, 6.45) is 0. The molecule has 2 aromatic carbocycles. The van der Waals surface area contributed by atoms with Crippen LogP contribution in [0.25, 0.3) is 0 Å². The fourth-order valence-electron chi connectivity index (χ4n) is 2.92. The molecule has 0 radical (unpaired) electrons. The Balaban J connectivity index is 2.00. The third-order valence-electron chi connectivity index (χ3n) is 3.98. The molecule has 1 nitrogen and oxygen atoms in total. The summed E-state index contributed by atoms with van der Waals surface area (Å²) in [5, 5.41) is 0. The second kappa shape index (κ2) is 3.77. The van der Waals surface area contributed by atoms with Gasteiger partial charge in [0, 0.05) is 23.2 Å². The maximum Gasteiger partial charge on any atom is 0.117 e. The van der Waals surface area contributed by atoms with Crippen molar-refractivity contribution in [3.05, 3.63) is 64.7 Å². The molecule has 1 atom stereocenters. The van der Waals surface area contributed by atoms with Crippen LogP contribution in [-0.2, 0) is 10.1 Å². The van der Waals surface area contributed by atoms with E-state index < -0.39 is 0 Å². The van der Waals surface area contributed by atoms with Gasteiger partial charge in [-0.25, -0.2) is 0 Å². The van der Waals surface area contributed by atoms with Gasteiger partial charge < -0.3 is 4.90 Å².